The SMILES string of the molecule is N#CCc1c(-c2cccc(OC(F)(F)F)c2)cccc1C(F)(F)F. The maximum Gasteiger partial charge on any atom is 0.573 e. The van der Waals surface area contributed by atoms with Gasteiger partial charge in [-0.15, -0.1) is 13.2 Å². The topological polar surface area (TPSA) is 33.0 Å². The van der Waals surface area contributed by atoms with Gasteiger partial charge in [-0.1, -0.05) is 24.3 Å². The normalized spacial score (nSPS) is 11.9. The quantitative estimate of drug-likeness (QED) is 0.704. The van der Waals surface area contributed by atoms with E-state index in [9.17, 15) is 26.3 Å². The van der Waals surface area contributed by atoms with E-state index in [1.165, 1.54) is 18.2 Å². The first kappa shape index (κ1) is 17.7. The Kier molecular flexibility index (Phi) is 4.73. The molecule has 2 nitrogen and oxygen atoms in total. The second-order valence-corrected chi connectivity index (χ2v) is 4.74. The van der Waals surface area contributed by atoms with Crippen molar-refractivity contribution in [2.45, 2.75) is 19.0 Å². The number of rotatable bonds is 3. The molecule has 0 bridgehead atoms. The molecular formula is C16H9F6NO. The number of benzene rings is 2. The van der Waals surface area contributed by atoms with Gasteiger partial charge in [-0.25, -0.2) is 0 Å². The highest BCUT2D eigenvalue weighted by molar-refractivity contribution is 5.70. The molecule has 0 atom stereocenters. The molecule has 0 aromatic heterocycles. The Balaban J connectivity index is 2.57. The third-order valence-corrected chi connectivity index (χ3v) is 3.12. The van der Waals surface area contributed by atoms with Crippen LogP contribution in [0.15, 0.2) is 42.5 Å². The van der Waals surface area contributed by atoms with Crippen LogP contribution >= 0.6 is 0 Å². The highest BCUT2D eigenvalue weighted by Gasteiger charge is 2.34. The minimum Gasteiger partial charge on any atom is -0.406 e. The summed E-state index contributed by atoms with van der Waals surface area (Å²) in [7, 11) is 0. The molecular weight excluding hydrogens is 336 g/mol. The number of nitrogens with zero attached hydrogens (tertiary/aromatic N) is 1. The van der Waals surface area contributed by atoms with Crippen LogP contribution in [0.3, 0.4) is 0 Å². The summed E-state index contributed by atoms with van der Waals surface area (Å²) in [4.78, 5) is 0. The number of halogens is 6. The molecule has 2 rings (SSSR count). The molecule has 0 aliphatic heterocycles. The van der Waals surface area contributed by atoms with E-state index < -0.39 is 30.3 Å². The standard InChI is InChI=1S/C16H9F6NO/c17-15(18,19)14-6-2-5-12(13(14)7-8-23)10-3-1-4-11(9-10)24-16(20,21)22/h1-6,9H,7H2. The summed E-state index contributed by atoms with van der Waals surface area (Å²) in [6.45, 7) is 0. The average Bonchev–Trinajstić information content (AvgIpc) is 2.45. The third-order valence-electron chi connectivity index (χ3n) is 3.12. The zero-order valence-electron chi connectivity index (χ0n) is 11.9. The summed E-state index contributed by atoms with van der Waals surface area (Å²) in [6, 6.07) is 9.51. The van der Waals surface area contributed by atoms with Gasteiger partial charge in [0.05, 0.1) is 18.1 Å². The summed E-state index contributed by atoms with van der Waals surface area (Å²) in [6.07, 6.45) is -10.1. The molecule has 0 amide bonds. The van der Waals surface area contributed by atoms with Crippen LogP contribution in [0.2, 0.25) is 0 Å². The molecule has 0 radical (unpaired) electrons. The van der Waals surface area contributed by atoms with Crippen LogP contribution in [0.4, 0.5) is 26.3 Å². The number of hydrogen-bond acceptors (Lipinski definition) is 2. The molecule has 0 saturated carbocycles. The molecule has 0 heterocycles. The van der Waals surface area contributed by atoms with E-state index in [0.29, 0.717) is 0 Å². The van der Waals surface area contributed by atoms with Crippen molar-refractivity contribution in [3.8, 4) is 22.9 Å². The van der Waals surface area contributed by atoms with E-state index in [0.717, 1.165) is 24.3 Å². The molecule has 2 aromatic rings. The first-order chi connectivity index (χ1) is 11.1. The first-order valence-electron chi connectivity index (χ1n) is 6.54. The van der Waals surface area contributed by atoms with E-state index in [4.69, 9.17) is 5.26 Å². The molecule has 24 heavy (non-hydrogen) atoms. The van der Waals surface area contributed by atoms with Gasteiger partial charge in [-0.3, -0.25) is 0 Å². The van der Waals surface area contributed by atoms with E-state index in [2.05, 4.69) is 4.74 Å². The molecule has 2 aromatic carbocycles. The summed E-state index contributed by atoms with van der Waals surface area (Å²) < 4.78 is 79.9. The van der Waals surface area contributed by atoms with Crippen LogP contribution < -0.4 is 4.74 Å². The van der Waals surface area contributed by atoms with Gasteiger partial charge in [0.25, 0.3) is 0 Å². The lowest BCUT2D eigenvalue weighted by molar-refractivity contribution is -0.274. The highest BCUT2D eigenvalue weighted by atomic mass is 19.4. The molecule has 0 N–H and O–H groups in total. The zero-order valence-corrected chi connectivity index (χ0v) is 11.9. The Morgan fingerprint density at radius 2 is 1.62 bits per heavy atom. The Labute approximate surface area is 132 Å². The van der Waals surface area contributed by atoms with Crippen LogP contribution in [0.5, 0.6) is 5.75 Å². The van der Waals surface area contributed by atoms with E-state index in [1.807, 2.05) is 0 Å². The molecule has 0 saturated heterocycles. The molecule has 0 fully saturated rings. The lowest BCUT2D eigenvalue weighted by Crippen LogP contribution is -2.17. The molecule has 0 unspecified atom stereocenters. The Morgan fingerprint density at radius 1 is 0.958 bits per heavy atom. The first-order valence-corrected chi connectivity index (χ1v) is 6.54. The fourth-order valence-electron chi connectivity index (χ4n) is 2.25. The minimum absolute atomic E-state index is 0.0269. The van der Waals surface area contributed by atoms with Crippen LogP contribution in [-0.2, 0) is 12.6 Å². The molecule has 0 spiro atoms. The van der Waals surface area contributed by atoms with Crippen molar-refractivity contribution in [2.24, 2.45) is 0 Å². The van der Waals surface area contributed by atoms with Gasteiger partial charge in [0.1, 0.15) is 5.75 Å². The van der Waals surface area contributed by atoms with Crippen molar-refractivity contribution in [3.05, 3.63) is 53.6 Å². The van der Waals surface area contributed by atoms with E-state index >= 15 is 0 Å². The lowest BCUT2D eigenvalue weighted by atomic mass is 9.93. The predicted molar refractivity (Wildman–Crippen MR) is 72.9 cm³/mol. The maximum atomic E-state index is 13.1. The van der Waals surface area contributed by atoms with Gasteiger partial charge in [-0.2, -0.15) is 18.4 Å². The van der Waals surface area contributed by atoms with Crippen LogP contribution in [-0.4, -0.2) is 6.36 Å². The van der Waals surface area contributed by atoms with Gasteiger partial charge in [-0.05, 0) is 34.9 Å². The number of hydrogen-bond donors (Lipinski definition) is 0. The molecule has 0 aliphatic rings. The summed E-state index contributed by atoms with van der Waals surface area (Å²) in [5.41, 5.74) is -1.17. The van der Waals surface area contributed by atoms with Crippen LogP contribution in [0, 0.1) is 11.3 Å². The van der Waals surface area contributed by atoms with E-state index in [-0.39, 0.29) is 16.7 Å². The molecule has 0 aliphatic carbocycles. The minimum atomic E-state index is -4.91. The Bertz CT molecular complexity index is 773. The fourth-order valence-corrected chi connectivity index (χ4v) is 2.25. The fraction of sp³-hybridized carbons (Fsp3) is 0.188. The van der Waals surface area contributed by atoms with Crippen molar-refractivity contribution >= 4 is 0 Å². The number of alkyl halides is 6. The highest BCUT2D eigenvalue weighted by Crippen LogP contribution is 2.38. The molecule has 8 heteroatoms. The van der Waals surface area contributed by atoms with Gasteiger partial charge in [0.2, 0.25) is 0 Å². The largest absolute Gasteiger partial charge is 0.573 e. The Morgan fingerprint density at radius 3 is 2.21 bits per heavy atom. The van der Waals surface area contributed by atoms with Crippen LogP contribution in [0.1, 0.15) is 11.1 Å². The zero-order chi connectivity index (χ0) is 18.0. The monoisotopic (exact) mass is 345 g/mol. The van der Waals surface area contributed by atoms with Gasteiger partial charge >= 0.3 is 12.5 Å². The van der Waals surface area contributed by atoms with Gasteiger partial charge in [0, 0.05) is 0 Å². The average molecular weight is 345 g/mol. The van der Waals surface area contributed by atoms with Crippen molar-refractivity contribution < 1.29 is 31.1 Å². The van der Waals surface area contributed by atoms with Gasteiger partial charge < -0.3 is 4.74 Å². The van der Waals surface area contributed by atoms with Crippen molar-refractivity contribution in [1.29, 1.82) is 5.26 Å². The Hall–Kier alpha value is -2.69. The lowest BCUT2D eigenvalue weighted by Gasteiger charge is -2.16. The number of ether oxygens (including phenoxy) is 1. The summed E-state index contributed by atoms with van der Waals surface area (Å²) in [5.74, 6) is -0.555. The predicted octanol–water partition coefficient (Wildman–Crippen LogP) is 5.34. The van der Waals surface area contributed by atoms with Crippen molar-refractivity contribution in [3.63, 3.8) is 0 Å². The summed E-state index contributed by atoms with van der Waals surface area (Å²) >= 11 is 0. The second kappa shape index (κ2) is 6.43. The van der Waals surface area contributed by atoms with Gasteiger partial charge in [0.15, 0.2) is 0 Å². The van der Waals surface area contributed by atoms with Crippen LogP contribution in [0.25, 0.3) is 11.1 Å². The van der Waals surface area contributed by atoms with Crippen molar-refractivity contribution in [1.82, 2.24) is 0 Å². The van der Waals surface area contributed by atoms with E-state index in [1.54, 1.807) is 6.07 Å². The van der Waals surface area contributed by atoms with Crippen molar-refractivity contribution in [2.75, 3.05) is 0 Å². The number of nitriles is 1. The summed E-state index contributed by atoms with van der Waals surface area (Å²) in [5, 5.41) is 8.80. The second-order valence-electron chi connectivity index (χ2n) is 4.74. The maximum absolute atomic E-state index is 13.1. The molecule has 126 valence electrons. The third kappa shape index (κ3) is 4.19. The smallest absolute Gasteiger partial charge is 0.406 e.